The van der Waals surface area contributed by atoms with Crippen LogP contribution in [0.4, 0.5) is 14.5 Å². The standard InChI is InChI=1S/C19H15ClF2N2O4/c20-9-7-11(21)15(12(22)8-9)28-10-3-5-19(6-4-10)16-13(24-18(19)27)1-2-14(23-16)17(25)26/h1-2,7-8,10H,3-6H2,(H,24,27)(H,25,26)/t10-,19-. The second kappa shape index (κ2) is 6.70. The Labute approximate surface area is 163 Å². The van der Waals surface area contributed by atoms with Gasteiger partial charge in [-0.25, -0.2) is 18.6 Å². The number of pyridine rings is 1. The third kappa shape index (κ3) is 2.97. The smallest absolute Gasteiger partial charge is 0.354 e. The molecule has 9 heteroatoms. The van der Waals surface area contributed by atoms with Crippen molar-refractivity contribution < 1.29 is 28.2 Å². The van der Waals surface area contributed by atoms with E-state index in [-0.39, 0.29) is 16.6 Å². The van der Waals surface area contributed by atoms with Gasteiger partial charge in [-0.05, 0) is 49.9 Å². The fourth-order valence-corrected chi connectivity index (χ4v) is 4.06. The Morgan fingerprint density at radius 2 is 1.89 bits per heavy atom. The Kier molecular flexibility index (Phi) is 4.45. The first-order valence-corrected chi connectivity index (χ1v) is 9.05. The molecule has 28 heavy (non-hydrogen) atoms. The Morgan fingerprint density at radius 3 is 2.50 bits per heavy atom. The first kappa shape index (κ1) is 18.6. The van der Waals surface area contributed by atoms with Crippen molar-refractivity contribution in [2.45, 2.75) is 37.2 Å². The summed E-state index contributed by atoms with van der Waals surface area (Å²) in [6, 6.07) is 4.81. The number of benzene rings is 1. The second-order valence-electron chi connectivity index (χ2n) is 6.95. The van der Waals surface area contributed by atoms with Crippen LogP contribution in [0.5, 0.6) is 5.75 Å². The number of amides is 1. The normalized spacial score (nSPS) is 23.4. The third-order valence-electron chi connectivity index (χ3n) is 5.28. The molecule has 2 N–H and O–H groups in total. The SMILES string of the molecule is O=C(O)c1ccc2c(n1)[C@]1(CC[C@@H](Oc3c(F)cc(Cl)cc3F)CC1)C(=O)N2. The number of rotatable bonds is 3. The van der Waals surface area contributed by atoms with Crippen LogP contribution in [0.3, 0.4) is 0 Å². The average molecular weight is 409 g/mol. The fourth-order valence-electron chi connectivity index (χ4n) is 3.87. The van der Waals surface area contributed by atoms with Crippen molar-refractivity contribution in [2.75, 3.05) is 5.32 Å². The van der Waals surface area contributed by atoms with Crippen molar-refractivity contribution in [3.05, 3.63) is 52.3 Å². The van der Waals surface area contributed by atoms with E-state index in [0.717, 1.165) is 12.1 Å². The molecule has 2 aliphatic rings. The van der Waals surface area contributed by atoms with E-state index < -0.39 is 34.9 Å². The number of nitrogens with one attached hydrogen (secondary N) is 1. The Balaban J connectivity index is 1.56. The molecule has 6 nitrogen and oxygen atoms in total. The molecular weight excluding hydrogens is 394 g/mol. The zero-order valence-electron chi connectivity index (χ0n) is 14.5. The number of aromatic carboxylic acids is 1. The van der Waals surface area contributed by atoms with Crippen LogP contribution in [0.1, 0.15) is 41.9 Å². The molecule has 0 atom stereocenters. The molecule has 1 aromatic carbocycles. The predicted molar refractivity (Wildman–Crippen MR) is 95.8 cm³/mol. The number of fused-ring (bicyclic) bond motifs is 2. The molecule has 1 aromatic heterocycles. The summed E-state index contributed by atoms with van der Waals surface area (Å²) in [5.41, 5.74) is -0.209. The third-order valence-corrected chi connectivity index (χ3v) is 5.50. The monoisotopic (exact) mass is 408 g/mol. The lowest BCUT2D eigenvalue weighted by Crippen LogP contribution is -2.41. The van der Waals surface area contributed by atoms with Gasteiger partial charge in [0.1, 0.15) is 5.69 Å². The molecule has 146 valence electrons. The number of hydrogen-bond donors (Lipinski definition) is 2. The first-order valence-electron chi connectivity index (χ1n) is 8.67. The van der Waals surface area contributed by atoms with Crippen molar-refractivity contribution in [3.63, 3.8) is 0 Å². The molecule has 4 rings (SSSR count). The van der Waals surface area contributed by atoms with Gasteiger partial charge in [0.2, 0.25) is 5.91 Å². The summed E-state index contributed by atoms with van der Waals surface area (Å²) in [5, 5.41) is 11.9. The van der Waals surface area contributed by atoms with E-state index in [1.54, 1.807) is 0 Å². The van der Waals surface area contributed by atoms with Crippen molar-refractivity contribution in [2.24, 2.45) is 0 Å². The largest absolute Gasteiger partial charge is 0.484 e. The van der Waals surface area contributed by atoms with Gasteiger partial charge in [-0.2, -0.15) is 0 Å². The maximum atomic E-state index is 14.0. The zero-order chi connectivity index (χ0) is 20.1. The van der Waals surface area contributed by atoms with Crippen LogP contribution in [0.15, 0.2) is 24.3 Å². The number of hydrogen-bond acceptors (Lipinski definition) is 4. The van der Waals surface area contributed by atoms with E-state index in [0.29, 0.717) is 37.1 Å². The highest BCUT2D eigenvalue weighted by atomic mass is 35.5. The molecule has 1 amide bonds. The summed E-state index contributed by atoms with van der Waals surface area (Å²) in [5.74, 6) is -3.69. The van der Waals surface area contributed by atoms with E-state index in [1.807, 2.05) is 0 Å². The minimum Gasteiger partial charge on any atom is -0.484 e. The average Bonchev–Trinajstić information content (AvgIpc) is 2.91. The van der Waals surface area contributed by atoms with Gasteiger partial charge >= 0.3 is 5.97 Å². The molecule has 1 aliphatic heterocycles. The molecule has 0 saturated heterocycles. The predicted octanol–water partition coefficient (Wildman–Crippen LogP) is 3.92. The number of carbonyl (C=O) groups is 2. The number of carboxylic acid groups (broad SMARTS) is 1. The molecule has 0 unspecified atom stereocenters. The summed E-state index contributed by atoms with van der Waals surface area (Å²) in [4.78, 5) is 28.0. The van der Waals surface area contributed by atoms with Crippen LogP contribution in [0.25, 0.3) is 0 Å². The molecule has 1 spiro atoms. The van der Waals surface area contributed by atoms with Crippen LogP contribution >= 0.6 is 11.6 Å². The summed E-state index contributed by atoms with van der Waals surface area (Å²) >= 11 is 5.62. The van der Waals surface area contributed by atoms with Gasteiger partial charge in [0.05, 0.1) is 22.9 Å². The summed E-state index contributed by atoms with van der Waals surface area (Å²) in [7, 11) is 0. The van der Waals surface area contributed by atoms with Crippen LogP contribution in [-0.2, 0) is 10.2 Å². The van der Waals surface area contributed by atoms with E-state index in [4.69, 9.17) is 16.3 Å². The molecule has 0 bridgehead atoms. The van der Waals surface area contributed by atoms with Gasteiger partial charge in [0.15, 0.2) is 17.4 Å². The molecule has 1 fully saturated rings. The van der Waals surface area contributed by atoms with Crippen molar-refractivity contribution in [1.29, 1.82) is 0 Å². The van der Waals surface area contributed by atoms with Crippen LogP contribution in [-0.4, -0.2) is 28.1 Å². The lowest BCUT2D eigenvalue weighted by molar-refractivity contribution is -0.122. The number of anilines is 1. The maximum absolute atomic E-state index is 14.0. The minimum atomic E-state index is -1.18. The van der Waals surface area contributed by atoms with Crippen LogP contribution in [0, 0.1) is 11.6 Å². The van der Waals surface area contributed by atoms with E-state index >= 15 is 0 Å². The number of aromatic nitrogens is 1. The maximum Gasteiger partial charge on any atom is 0.354 e. The molecule has 0 radical (unpaired) electrons. The Hall–Kier alpha value is -2.74. The number of nitrogens with zero attached hydrogens (tertiary/aromatic N) is 1. The fraction of sp³-hybridized carbons (Fsp3) is 0.316. The van der Waals surface area contributed by atoms with Crippen molar-refractivity contribution in [3.8, 4) is 5.75 Å². The lowest BCUT2D eigenvalue weighted by atomic mass is 9.71. The Morgan fingerprint density at radius 1 is 1.25 bits per heavy atom. The number of ether oxygens (including phenoxy) is 1. The Bertz CT molecular complexity index is 967. The minimum absolute atomic E-state index is 0.0653. The molecule has 2 heterocycles. The van der Waals surface area contributed by atoms with Crippen LogP contribution in [0.2, 0.25) is 5.02 Å². The molecule has 1 aliphatic carbocycles. The van der Waals surface area contributed by atoms with Gasteiger partial charge in [0, 0.05) is 5.02 Å². The topological polar surface area (TPSA) is 88.5 Å². The summed E-state index contributed by atoms with van der Waals surface area (Å²) in [6.07, 6.45) is 0.864. The van der Waals surface area contributed by atoms with E-state index in [1.165, 1.54) is 12.1 Å². The highest BCUT2D eigenvalue weighted by Gasteiger charge is 2.50. The quantitative estimate of drug-likeness (QED) is 0.803. The molecular formula is C19H15ClF2N2O4. The number of carboxylic acids is 1. The molecule has 1 saturated carbocycles. The second-order valence-corrected chi connectivity index (χ2v) is 7.39. The highest BCUT2D eigenvalue weighted by Crippen LogP contribution is 2.47. The van der Waals surface area contributed by atoms with Gasteiger partial charge in [-0.3, -0.25) is 4.79 Å². The van der Waals surface area contributed by atoms with Gasteiger partial charge < -0.3 is 15.2 Å². The highest BCUT2D eigenvalue weighted by molar-refractivity contribution is 6.30. The summed E-state index contributed by atoms with van der Waals surface area (Å²) in [6.45, 7) is 0. The van der Waals surface area contributed by atoms with E-state index in [9.17, 15) is 23.5 Å². The van der Waals surface area contributed by atoms with Crippen LogP contribution < -0.4 is 10.1 Å². The van der Waals surface area contributed by atoms with Crippen molar-refractivity contribution >= 4 is 29.2 Å². The number of halogens is 3. The number of carbonyl (C=O) groups excluding carboxylic acids is 1. The van der Waals surface area contributed by atoms with Crippen molar-refractivity contribution in [1.82, 2.24) is 4.98 Å². The van der Waals surface area contributed by atoms with Gasteiger partial charge in [-0.15, -0.1) is 0 Å². The van der Waals surface area contributed by atoms with Gasteiger partial charge in [-0.1, -0.05) is 11.6 Å². The van der Waals surface area contributed by atoms with Gasteiger partial charge in [0.25, 0.3) is 0 Å². The first-order chi connectivity index (χ1) is 13.3. The lowest BCUT2D eigenvalue weighted by Gasteiger charge is -2.35. The summed E-state index contributed by atoms with van der Waals surface area (Å²) < 4.78 is 33.4. The molecule has 2 aromatic rings. The van der Waals surface area contributed by atoms with E-state index in [2.05, 4.69) is 10.3 Å². The zero-order valence-corrected chi connectivity index (χ0v) is 15.2.